The van der Waals surface area contributed by atoms with Gasteiger partial charge in [0.15, 0.2) is 0 Å². The molecule has 4 atom stereocenters. The summed E-state index contributed by atoms with van der Waals surface area (Å²) >= 11 is 3.32. The molecule has 7 heteroatoms. The maximum atomic E-state index is 13.0. The fraction of sp³-hybridized carbons (Fsp3) is 0.633. The minimum Gasteiger partial charge on any atom is -0.358 e. The van der Waals surface area contributed by atoms with Crippen molar-refractivity contribution in [2.75, 3.05) is 14.1 Å². The molecule has 1 aromatic carbocycles. The summed E-state index contributed by atoms with van der Waals surface area (Å²) in [5.41, 5.74) is 1.14. The van der Waals surface area contributed by atoms with Gasteiger partial charge in [-0.1, -0.05) is 84.4 Å². The Labute approximate surface area is 234 Å². The minimum atomic E-state index is -3.69. The van der Waals surface area contributed by atoms with Crippen LogP contribution < -0.4 is 5.32 Å². The molecule has 0 saturated heterocycles. The molecule has 4 unspecified atom stereocenters. The molecule has 0 aromatic heterocycles. The van der Waals surface area contributed by atoms with Crippen LogP contribution in [0.4, 0.5) is 0 Å². The molecule has 0 spiro atoms. The van der Waals surface area contributed by atoms with Crippen molar-refractivity contribution >= 4 is 31.9 Å². The van der Waals surface area contributed by atoms with Crippen LogP contribution in [-0.2, 0) is 21.4 Å². The van der Waals surface area contributed by atoms with Crippen molar-refractivity contribution in [3.8, 4) is 0 Å². The predicted octanol–water partition coefficient (Wildman–Crippen LogP) is 7.26. The van der Waals surface area contributed by atoms with Crippen molar-refractivity contribution in [2.24, 2.45) is 28.1 Å². The lowest BCUT2D eigenvalue weighted by Gasteiger charge is -2.52. The Morgan fingerprint density at radius 2 is 1.73 bits per heavy atom. The van der Waals surface area contributed by atoms with E-state index in [4.69, 9.17) is 0 Å². The smallest absolute Gasteiger partial charge is 0.240 e. The first-order chi connectivity index (χ1) is 17.0. The third-order valence-electron chi connectivity index (χ3n) is 9.49. The largest absolute Gasteiger partial charge is 0.358 e. The van der Waals surface area contributed by atoms with E-state index < -0.39 is 15.4 Å². The van der Waals surface area contributed by atoms with Gasteiger partial charge in [0.1, 0.15) is 0 Å². The molecule has 37 heavy (non-hydrogen) atoms. The molecule has 3 rings (SSSR count). The lowest BCUT2D eigenvalue weighted by molar-refractivity contribution is -0.127. The molecule has 1 N–H and O–H groups in total. The molecule has 0 aliphatic heterocycles. The van der Waals surface area contributed by atoms with Crippen LogP contribution in [0.2, 0.25) is 0 Å². The van der Waals surface area contributed by atoms with Gasteiger partial charge in [-0.15, -0.1) is 0 Å². The summed E-state index contributed by atoms with van der Waals surface area (Å²) in [5.74, 6) is 1.54. The van der Waals surface area contributed by atoms with Gasteiger partial charge in [-0.2, -0.15) is 4.31 Å². The summed E-state index contributed by atoms with van der Waals surface area (Å²) in [7, 11) is -0.594. The van der Waals surface area contributed by atoms with E-state index >= 15 is 0 Å². The SMILES string of the molecule is CCC1(C)CCC(C)C(C)(C)C1C.CNC(=O)C1(C)C=CC(Br)=C(S(=O)(=O)N(C)Cc2ccccc2)C1. The second-order valence-electron chi connectivity index (χ2n) is 12.0. The molecule has 0 heterocycles. The van der Waals surface area contributed by atoms with Gasteiger partial charge in [-0.25, -0.2) is 8.42 Å². The third kappa shape index (κ3) is 6.96. The Morgan fingerprint density at radius 3 is 2.27 bits per heavy atom. The fourth-order valence-electron chi connectivity index (χ4n) is 5.54. The van der Waals surface area contributed by atoms with Crippen LogP contribution in [0.15, 0.2) is 51.9 Å². The van der Waals surface area contributed by atoms with Crippen molar-refractivity contribution in [3.63, 3.8) is 0 Å². The van der Waals surface area contributed by atoms with E-state index in [1.807, 2.05) is 30.3 Å². The fourth-order valence-corrected chi connectivity index (χ4v) is 7.92. The summed E-state index contributed by atoms with van der Waals surface area (Å²) in [6.45, 7) is 16.6. The Hall–Kier alpha value is -1.44. The molecule has 2 aliphatic rings. The number of carbonyl (C=O) groups is 1. The summed E-state index contributed by atoms with van der Waals surface area (Å²) in [6.07, 6.45) is 7.67. The van der Waals surface area contributed by atoms with Crippen LogP contribution in [-0.4, -0.2) is 32.7 Å². The average molecular weight is 596 g/mol. The second-order valence-corrected chi connectivity index (χ2v) is 14.9. The van der Waals surface area contributed by atoms with Crippen molar-refractivity contribution in [1.82, 2.24) is 9.62 Å². The molecule has 0 radical (unpaired) electrons. The van der Waals surface area contributed by atoms with Crippen LogP contribution >= 0.6 is 15.9 Å². The van der Waals surface area contributed by atoms with Crippen molar-refractivity contribution < 1.29 is 13.2 Å². The number of benzene rings is 1. The van der Waals surface area contributed by atoms with Crippen molar-refractivity contribution in [1.29, 1.82) is 0 Å². The Bertz CT molecular complexity index is 1110. The quantitative estimate of drug-likeness (QED) is 0.377. The second kappa shape index (κ2) is 12.2. The van der Waals surface area contributed by atoms with E-state index in [9.17, 15) is 13.2 Å². The normalized spacial score (nSPS) is 29.5. The van der Waals surface area contributed by atoms with E-state index in [0.29, 0.717) is 15.3 Å². The molecule has 1 fully saturated rings. The van der Waals surface area contributed by atoms with Gasteiger partial charge < -0.3 is 5.32 Å². The van der Waals surface area contributed by atoms with Gasteiger partial charge in [0.05, 0.1) is 10.3 Å². The summed E-state index contributed by atoms with van der Waals surface area (Å²) in [4.78, 5) is 12.3. The molecule has 5 nitrogen and oxygen atoms in total. The number of allylic oxidation sites excluding steroid dienone is 3. The zero-order chi connectivity index (χ0) is 28.2. The number of rotatable bonds is 6. The van der Waals surface area contributed by atoms with Crippen molar-refractivity contribution in [2.45, 2.75) is 80.7 Å². The standard InChI is InChI=1S/C17H21BrN2O3S.C13H26/c1-17(16(21)19-2)10-9-14(18)15(11-17)24(22,23)20(3)12-13-7-5-4-6-8-13;1-7-13(6)9-8-10(2)12(4,5)11(13)3/h4-10H,11-12H2,1-3H3,(H,19,21);10-11H,7-9H2,1-6H3. The highest BCUT2D eigenvalue weighted by atomic mass is 79.9. The van der Waals surface area contributed by atoms with E-state index in [2.05, 4.69) is 62.8 Å². The topological polar surface area (TPSA) is 66.5 Å². The minimum absolute atomic E-state index is 0.116. The van der Waals surface area contributed by atoms with Crippen LogP contribution in [0.3, 0.4) is 0 Å². The molecule has 1 amide bonds. The Balaban J connectivity index is 0.000000312. The summed E-state index contributed by atoms with van der Waals surface area (Å²) in [6, 6.07) is 9.39. The number of sulfonamides is 1. The highest BCUT2D eigenvalue weighted by Crippen LogP contribution is 2.54. The number of nitrogens with one attached hydrogen (secondary N) is 1. The summed E-state index contributed by atoms with van der Waals surface area (Å²) in [5, 5.41) is 2.59. The molecular weight excluding hydrogens is 548 g/mol. The van der Waals surface area contributed by atoms with Gasteiger partial charge in [0, 0.05) is 31.5 Å². The molecule has 1 saturated carbocycles. The highest BCUT2D eigenvalue weighted by Gasteiger charge is 2.46. The number of amides is 1. The lowest BCUT2D eigenvalue weighted by atomic mass is 9.53. The number of hydrogen-bond donors (Lipinski definition) is 1. The average Bonchev–Trinajstić information content (AvgIpc) is 2.87. The summed E-state index contributed by atoms with van der Waals surface area (Å²) < 4.78 is 27.7. The predicted molar refractivity (Wildman–Crippen MR) is 158 cm³/mol. The highest BCUT2D eigenvalue weighted by molar-refractivity contribution is 9.12. The first kappa shape index (κ1) is 31.8. The van der Waals surface area contributed by atoms with Gasteiger partial charge in [-0.3, -0.25) is 4.79 Å². The van der Waals surface area contributed by atoms with E-state index in [1.165, 1.54) is 23.6 Å². The first-order valence-corrected chi connectivity index (χ1v) is 15.6. The number of carbonyl (C=O) groups excluding carboxylic acids is 1. The number of nitrogens with zero attached hydrogens (tertiary/aromatic N) is 1. The molecular formula is C30H47BrN2O3S. The first-order valence-electron chi connectivity index (χ1n) is 13.4. The van der Waals surface area contributed by atoms with Gasteiger partial charge in [-0.05, 0) is 70.0 Å². The monoisotopic (exact) mass is 594 g/mol. The molecule has 1 aromatic rings. The molecule has 208 valence electrons. The van der Waals surface area contributed by atoms with Crippen LogP contribution in [0, 0.1) is 28.1 Å². The number of halogens is 1. The van der Waals surface area contributed by atoms with Crippen LogP contribution in [0.5, 0.6) is 0 Å². The van der Waals surface area contributed by atoms with E-state index in [1.54, 1.807) is 33.2 Å². The van der Waals surface area contributed by atoms with E-state index in [0.717, 1.165) is 17.4 Å². The zero-order valence-electron chi connectivity index (χ0n) is 24.2. The van der Waals surface area contributed by atoms with Gasteiger partial charge in [0.25, 0.3) is 0 Å². The lowest BCUT2D eigenvalue weighted by Crippen LogP contribution is -2.44. The van der Waals surface area contributed by atoms with Gasteiger partial charge in [0.2, 0.25) is 15.9 Å². The maximum Gasteiger partial charge on any atom is 0.240 e. The number of hydrogen-bond acceptors (Lipinski definition) is 3. The molecule has 2 aliphatic carbocycles. The molecule has 0 bridgehead atoms. The van der Waals surface area contributed by atoms with E-state index in [-0.39, 0.29) is 23.8 Å². The Kier molecular flexibility index (Phi) is 10.4. The van der Waals surface area contributed by atoms with Crippen LogP contribution in [0.1, 0.15) is 79.7 Å². The zero-order valence-corrected chi connectivity index (χ0v) is 26.6. The Morgan fingerprint density at radius 1 is 1.14 bits per heavy atom. The third-order valence-corrected chi connectivity index (χ3v) is 12.4. The van der Waals surface area contributed by atoms with Crippen LogP contribution in [0.25, 0.3) is 0 Å². The maximum absolute atomic E-state index is 13.0. The van der Waals surface area contributed by atoms with Gasteiger partial charge >= 0.3 is 0 Å². The van der Waals surface area contributed by atoms with Crippen molar-refractivity contribution in [3.05, 3.63) is 57.4 Å².